The molecule has 0 unspecified atom stereocenters. The molecule has 0 saturated carbocycles. The summed E-state index contributed by atoms with van der Waals surface area (Å²) in [6.45, 7) is 6.45. The number of aliphatic hydroxyl groups is 2. The van der Waals surface area contributed by atoms with E-state index in [0.717, 1.165) is 50.6 Å². The van der Waals surface area contributed by atoms with Crippen LogP contribution in [0.1, 0.15) is 22.6 Å². The normalized spacial score (nSPS) is 17.2. The summed E-state index contributed by atoms with van der Waals surface area (Å²) in [5.74, 6) is 6.06. The third-order valence-electron chi connectivity index (χ3n) is 3.59. The van der Waals surface area contributed by atoms with Crippen LogP contribution in [0.2, 0.25) is 0 Å². The number of aliphatic hydroxyl groups excluding tert-OH is 2. The molecule has 2 rings (SSSR count). The van der Waals surface area contributed by atoms with Gasteiger partial charge in [0.2, 0.25) is 0 Å². The molecule has 0 spiro atoms. The van der Waals surface area contributed by atoms with E-state index in [0.29, 0.717) is 6.42 Å². The first-order valence-electron chi connectivity index (χ1n) is 7.56. The van der Waals surface area contributed by atoms with Crippen molar-refractivity contribution in [2.75, 3.05) is 45.9 Å². The SMILES string of the molecule is OCCC#Cc1ccc(CN2CCCN(CCO)CC2)s1. The Balaban J connectivity index is 1.83. The molecular formula is C16H24N2O2S. The van der Waals surface area contributed by atoms with Gasteiger partial charge < -0.3 is 10.2 Å². The highest BCUT2D eigenvalue weighted by Gasteiger charge is 2.15. The Bertz CT molecular complexity index is 478. The highest BCUT2D eigenvalue weighted by molar-refractivity contribution is 7.12. The second-order valence-corrected chi connectivity index (χ2v) is 6.40. The predicted octanol–water partition coefficient (Wildman–Crippen LogP) is 0.982. The Kier molecular flexibility index (Phi) is 7.20. The van der Waals surface area contributed by atoms with Crippen LogP contribution in [0.5, 0.6) is 0 Å². The molecule has 1 fully saturated rings. The van der Waals surface area contributed by atoms with E-state index in [-0.39, 0.29) is 13.2 Å². The van der Waals surface area contributed by atoms with Crippen molar-refractivity contribution in [2.45, 2.75) is 19.4 Å². The largest absolute Gasteiger partial charge is 0.395 e. The van der Waals surface area contributed by atoms with Crippen LogP contribution >= 0.6 is 11.3 Å². The van der Waals surface area contributed by atoms with E-state index in [1.54, 1.807) is 11.3 Å². The average Bonchev–Trinajstić information content (AvgIpc) is 2.80. The summed E-state index contributed by atoms with van der Waals surface area (Å²) < 4.78 is 0. The quantitative estimate of drug-likeness (QED) is 0.796. The molecule has 0 radical (unpaired) electrons. The van der Waals surface area contributed by atoms with E-state index >= 15 is 0 Å². The van der Waals surface area contributed by atoms with E-state index in [1.165, 1.54) is 4.88 Å². The third kappa shape index (κ3) is 5.77. The molecular weight excluding hydrogens is 284 g/mol. The van der Waals surface area contributed by atoms with Crippen molar-refractivity contribution in [1.29, 1.82) is 0 Å². The molecule has 5 heteroatoms. The van der Waals surface area contributed by atoms with Gasteiger partial charge in [-0.15, -0.1) is 11.3 Å². The molecule has 2 heterocycles. The minimum Gasteiger partial charge on any atom is -0.395 e. The Labute approximate surface area is 131 Å². The number of nitrogens with zero attached hydrogens (tertiary/aromatic N) is 2. The number of β-amino-alcohol motifs (C(OH)–C–C–N with tert-alkyl or cyclic N) is 1. The summed E-state index contributed by atoms with van der Waals surface area (Å²) >= 11 is 1.74. The van der Waals surface area contributed by atoms with Gasteiger partial charge in [-0.2, -0.15) is 0 Å². The summed E-state index contributed by atoms with van der Waals surface area (Å²) in [6.07, 6.45) is 1.70. The van der Waals surface area contributed by atoms with Crippen molar-refractivity contribution in [1.82, 2.24) is 9.80 Å². The van der Waals surface area contributed by atoms with Gasteiger partial charge in [0.25, 0.3) is 0 Å². The van der Waals surface area contributed by atoms with Crippen LogP contribution in [0, 0.1) is 11.8 Å². The molecule has 0 amide bonds. The highest BCUT2D eigenvalue weighted by Crippen LogP contribution is 2.18. The zero-order valence-electron chi connectivity index (χ0n) is 12.4. The third-order valence-corrected chi connectivity index (χ3v) is 4.57. The summed E-state index contributed by atoms with van der Waals surface area (Å²) in [7, 11) is 0. The van der Waals surface area contributed by atoms with E-state index < -0.39 is 0 Å². The maximum Gasteiger partial charge on any atom is 0.0771 e. The second kappa shape index (κ2) is 9.19. The highest BCUT2D eigenvalue weighted by atomic mass is 32.1. The number of hydrogen-bond donors (Lipinski definition) is 2. The van der Waals surface area contributed by atoms with Gasteiger partial charge in [-0.25, -0.2) is 0 Å². The molecule has 1 aromatic heterocycles. The van der Waals surface area contributed by atoms with E-state index in [1.807, 2.05) is 0 Å². The molecule has 0 aliphatic carbocycles. The molecule has 1 saturated heterocycles. The van der Waals surface area contributed by atoms with Gasteiger partial charge in [0, 0.05) is 37.5 Å². The van der Waals surface area contributed by atoms with Crippen molar-refractivity contribution in [3.05, 3.63) is 21.9 Å². The minimum atomic E-state index is 0.128. The maximum absolute atomic E-state index is 9.02. The van der Waals surface area contributed by atoms with Crippen molar-refractivity contribution >= 4 is 11.3 Å². The Morgan fingerprint density at radius 1 is 1.05 bits per heavy atom. The lowest BCUT2D eigenvalue weighted by molar-refractivity contribution is 0.196. The molecule has 0 atom stereocenters. The Hall–Kier alpha value is -0.900. The van der Waals surface area contributed by atoms with Crippen LogP contribution in [0.15, 0.2) is 12.1 Å². The Morgan fingerprint density at radius 3 is 2.67 bits per heavy atom. The van der Waals surface area contributed by atoms with Crippen molar-refractivity contribution in [3.8, 4) is 11.8 Å². The average molecular weight is 308 g/mol. The molecule has 0 bridgehead atoms. The van der Waals surface area contributed by atoms with Gasteiger partial charge in [-0.05, 0) is 31.6 Å². The maximum atomic E-state index is 9.02. The van der Waals surface area contributed by atoms with E-state index in [4.69, 9.17) is 10.2 Å². The number of thiophene rings is 1. The van der Waals surface area contributed by atoms with Gasteiger partial charge in [0.15, 0.2) is 0 Å². The van der Waals surface area contributed by atoms with E-state index in [9.17, 15) is 0 Å². The summed E-state index contributed by atoms with van der Waals surface area (Å²) in [5, 5.41) is 17.7. The summed E-state index contributed by atoms with van der Waals surface area (Å²) in [5.41, 5.74) is 0. The molecule has 2 N–H and O–H groups in total. The van der Waals surface area contributed by atoms with Gasteiger partial charge in [0.05, 0.1) is 18.1 Å². The summed E-state index contributed by atoms with van der Waals surface area (Å²) in [4.78, 5) is 7.24. The molecule has 1 aliphatic heterocycles. The van der Waals surface area contributed by atoms with Gasteiger partial charge in [-0.1, -0.05) is 11.8 Å². The first-order valence-corrected chi connectivity index (χ1v) is 8.37. The van der Waals surface area contributed by atoms with Crippen molar-refractivity contribution < 1.29 is 10.2 Å². The second-order valence-electron chi connectivity index (χ2n) is 5.24. The minimum absolute atomic E-state index is 0.128. The zero-order chi connectivity index (χ0) is 14.9. The lowest BCUT2D eigenvalue weighted by atomic mass is 10.3. The molecule has 1 aromatic rings. The first-order chi connectivity index (χ1) is 10.3. The predicted molar refractivity (Wildman–Crippen MR) is 86.3 cm³/mol. The summed E-state index contributed by atoms with van der Waals surface area (Å²) in [6, 6.07) is 4.23. The van der Waals surface area contributed by atoms with Crippen LogP contribution in [0.25, 0.3) is 0 Å². The van der Waals surface area contributed by atoms with Crippen molar-refractivity contribution in [2.24, 2.45) is 0 Å². The molecule has 0 aromatic carbocycles. The lowest BCUT2D eigenvalue weighted by Crippen LogP contribution is -2.32. The topological polar surface area (TPSA) is 46.9 Å². The fourth-order valence-electron chi connectivity index (χ4n) is 2.50. The standard InChI is InChI=1S/C16H24N2O2S/c19-12-2-1-4-15-5-6-16(21-15)14-18-8-3-7-17(9-10-18)11-13-20/h5-6,19-20H,2-3,7-14H2. The first kappa shape index (κ1) is 16.5. The zero-order valence-corrected chi connectivity index (χ0v) is 13.2. The molecule has 21 heavy (non-hydrogen) atoms. The van der Waals surface area contributed by atoms with Gasteiger partial charge in [0.1, 0.15) is 0 Å². The van der Waals surface area contributed by atoms with Crippen molar-refractivity contribution in [3.63, 3.8) is 0 Å². The fourth-order valence-corrected chi connectivity index (χ4v) is 3.43. The van der Waals surface area contributed by atoms with E-state index in [2.05, 4.69) is 33.8 Å². The van der Waals surface area contributed by atoms with Crippen LogP contribution in [-0.2, 0) is 6.54 Å². The van der Waals surface area contributed by atoms with Crippen LogP contribution in [0.4, 0.5) is 0 Å². The lowest BCUT2D eigenvalue weighted by Gasteiger charge is -2.20. The molecule has 116 valence electrons. The van der Waals surface area contributed by atoms with Crippen LogP contribution in [0.3, 0.4) is 0 Å². The fraction of sp³-hybridized carbons (Fsp3) is 0.625. The van der Waals surface area contributed by atoms with Gasteiger partial charge >= 0.3 is 0 Å². The van der Waals surface area contributed by atoms with Crippen LogP contribution in [-0.4, -0.2) is 66.0 Å². The number of hydrogen-bond acceptors (Lipinski definition) is 5. The van der Waals surface area contributed by atoms with Gasteiger partial charge in [-0.3, -0.25) is 9.80 Å². The smallest absolute Gasteiger partial charge is 0.0771 e. The number of rotatable bonds is 5. The van der Waals surface area contributed by atoms with Crippen LogP contribution < -0.4 is 0 Å². The molecule has 4 nitrogen and oxygen atoms in total. The monoisotopic (exact) mass is 308 g/mol. The molecule has 1 aliphatic rings. The Morgan fingerprint density at radius 2 is 1.86 bits per heavy atom.